The largest absolute Gasteiger partial charge is 0.330 e. The minimum absolute atomic E-state index is 0.573. The highest BCUT2D eigenvalue weighted by Gasteiger charge is 2.08. The Balaban J connectivity index is 2.60. The predicted octanol–water partition coefficient (Wildman–Crippen LogP) is 1.49. The lowest BCUT2D eigenvalue weighted by molar-refractivity contribution is 0.861. The first kappa shape index (κ1) is 8.53. The molecule has 4 heteroatoms. The van der Waals surface area contributed by atoms with Crippen LogP contribution in [0.15, 0.2) is 24.4 Å². The van der Waals surface area contributed by atoms with Gasteiger partial charge in [-0.15, -0.1) is 0 Å². The minimum Gasteiger partial charge on any atom is -0.330 e. The van der Waals surface area contributed by atoms with Gasteiger partial charge in [0, 0.05) is 12.6 Å². The van der Waals surface area contributed by atoms with Gasteiger partial charge in [0.2, 0.25) is 0 Å². The van der Waals surface area contributed by atoms with Crippen molar-refractivity contribution in [2.75, 3.05) is 6.54 Å². The highest BCUT2D eigenvalue weighted by Crippen LogP contribution is 2.21. The fourth-order valence-corrected chi connectivity index (χ4v) is 1.60. The molecule has 0 amide bonds. The van der Waals surface area contributed by atoms with E-state index < -0.39 is 0 Å². The lowest BCUT2D eigenvalue weighted by atomic mass is 10.3. The molecule has 0 radical (unpaired) electrons. The van der Waals surface area contributed by atoms with Crippen molar-refractivity contribution in [3.63, 3.8) is 0 Å². The average molecular weight is 196 g/mol. The molecule has 0 atom stereocenters. The van der Waals surface area contributed by atoms with Gasteiger partial charge in [0.05, 0.1) is 16.2 Å². The van der Waals surface area contributed by atoms with E-state index in [2.05, 4.69) is 5.10 Å². The lowest BCUT2D eigenvalue weighted by Gasteiger charge is -1.89. The summed E-state index contributed by atoms with van der Waals surface area (Å²) < 4.78 is 1.77. The van der Waals surface area contributed by atoms with Crippen LogP contribution >= 0.6 is 11.6 Å². The molecule has 0 aliphatic heterocycles. The van der Waals surface area contributed by atoms with Crippen molar-refractivity contribution in [3.05, 3.63) is 35.1 Å². The van der Waals surface area contributed by atoms with Crippen molar-refractivity contribution in [1.82, 2.24) is 9.61 Å². The highest BCUT2D eigenvalue weighted by molar-refractivity contribution is 6.34. The number of pyridine rings is 1. The summed E-state index contributed by atoms with van der Waals surface area (Å²) in [7, 11) is 0. The van der Waals surface area contributed by atoms with Crippen LogP contribution < -0.4 is 5.73 Å². The molecule has 2 aromatic heterocycles. The van der Waals surface area contributed by atoms with E-state index in [0.29, 0.717) is 11.6 Å². The molecule has 2 heterocycles. The maximum atomic E-state index is 6.10. The number of nitrogens with two attached hydrogens (primary N) is 1. The summed E-state index contributed by atoms with van der Waals surface area (Å²) in [6.45, 7) is 0.573. The van der Waals surface area contributed by atoms with Gasteiger partial charge in [-0.3, -0.25) is 0 Å². The average Bonchev–Trinajstić information content (AvgIpc) is 2.46. The normalized spacial score (nSPS) is 10.9. The van der Waals surface area contributed by atoms with E-state index in [1.165, 1.54) is 0 Å². The number of rotatable bonds is 2. The minimum atomic E-state index is 0.573. The molecule has 0 spiro atoms. The maximum Gasteiger partial charge on any atom is 0.0896 e. The molecule has 2 aromatic rings. The number of halogens is 1. The maximum absolute atomic E-state index is 6.10. The van der Waals surface area contributed by atoms with E-state index in [1.807, 2.05) is 24.4 Å². The molecule has 0 saturated heterocycles. The third kappa shape index (κ3) is 1.41. The third-order valence-electron chi connectivity index (χ3n) is 1.93. The smallest absolute Gasteiger partial charge is 0.0896 e. The molecule has 0 aliphatic carbocycles. The second kappa shape index (κ2) is 3.36. The first-order valence-electron chi connectivity index (χ1n) is 4.14. The number of fused-ring (bicyclic) bond motifs is 1. The Morgan fingerprint density at radius 2 is 2.31 bits per heavy atom. The monoisotopic (exact) mass is 195 g/mol. The Kier molecular flexibility index (Phi) is 2.20. The Hall–Kier alpha value is -1.06. The lowest BCUT2D eigenvalue weighted by Crippen LogP contribution is -2.03. The molecule has 0 aromatic carbocycles. The molecule has 0 unspecified atom stereocenters. The van der Waals surface area contributed by atoms with Gasteiger partial charge in [-0.1, -0.05) is 17.7 Å². The van der Waals surface area contributed by atoms with Crippen molar-refractivity contribution < 1.29 is 0 Å². The van der Waals surface area contributed by atoms with Crippen LogP contribution in [0.25, 0.3) is 5.52 Å². The van der Waals surface area contributed by atoms with Crippen LogP contribution in [0.2, 0.25) is 5.02 Å². The molecule has 2 N–H and O–H groups in total. The van der Waals surface area contributed by atoms with Crippen LogP contribution in [-0.2, 0) is 6.42 Å². The molecular formula is C9H10ClN3. The zero-order valence-electron chi connectivity index (χ0n) is 7.07. The van der Waals surface area contributed by atoms with E-state index in [4.69, 9.17) is 17.3 Å². The van der Waals surface area contributed by atoms with Gasteiger partial charge in [-0.2, -0.15) is 5.10 Å². The molecular weight excluding hydrogens is 186 g/mol. The fraction of sp³-hybridized carbons (Fsp3) is 0.222. The van der Waals surface area contributed by atoms with Crippen molar-refractivity contribution in [1.29, 1.82) is 0 Å². The molecule has 2 rings (SSSR count). The fourth-order valence-electron chi connectivity index (χ4n) is 1.31. The second-order valence-corrected chi connectivity index (χ2v) is 3.21. The predicted molar refractivity (Wildman–Crippen MR) is 53.0 cm³/mol. The molecule has 13 heavy (non-hydrogen) atoms. The van der Waals surface area contributed by atoms with E-state index in [9.17, 15) is 0 Å². The van der Waals surface area contributed by atoms with Crippen molar-refractivity contribution in [2.45, 2.75) is 6.42 Å². The van der Waals surface area contributed by atoms with E-state index >= 15 is 0 Å². The quantitative estimate of drug-likeness (QED) is 0.789. The standard InChI is InChI=1S/C9H10ClN3/c10-9-7(4-5-11)12-13-6-2-1-3-8(9)13/h1-3,6H,4-5,11H2. The summed E-state index contributed by atoms with van der Waals surface area (Å²) >= 11 is 6.10. The van der Waals surface area contributed by atoms with Crippen molar-refractivity contribution in [3.8, 4) is 0 Å². The van der Waals surface area contributed by atoms with Gasteiger partial charge < -0.3 is 5.73 Å². The Morgan fingerprint density at radius 3 is 3.00 bits per heavy atom. The van der Waals surface area contributed by atoms with Crippen LogP contribution in [-0.4, -0.2) is 16.2 Å². The van der Waals surface area contributed by atoms with Crippen LogP contribution in [0.4, 0.5) is 0 Å². The number of hydrogen-bond acceptors (Lipinski definition) is 2. The zero-order chi connectivity index (χ0) is 9.26. The molecule has 0 fully saturated rings. The molecule has 3 nitrogen and oxygen atoms in total. The molecule has 0 saturated carbocycles. The van der Waals surface area contributed by atoms with Crippen molar-refractivity contribution in [2.24, 2.45) is 5.73 Å². The van der Waals surface area contributed by atoms with Crippen LogP contribution in [0, 0.1) is 0 Å². The van der Waals surface area contributed by atoms with Crippen LogP contribution in [0.3, 0.4) is 0 Å². The number of hydrogen-bond donors (Lipinski definition) is 1. The van der Waals surface area contributed by atoms with Gasteiger partial charge in [0.25, 0.3) is 0 Å². The van der Waals surface area contributed by atoms with E-state index in [0.717, 1.165) is 17.6 Å². The zero-order valence-corrected chi connectivity index (χ0v) is 7.83. The molecule has 0 aliphatic rings. The summed E-state index contributed by atoms with van der Waals surface area (Å²) in [5, 5.41) is 5.02. The van der Waals surface area contributed by atoms with Gasteiger partial charge in [0.1, 0.15) is 0 Å². The van der Waals surface area contributed by atoms with Crippen LogP contribution in [0.5, 0.6) is 0 Å². The first-order chi connectivity index (χ1) is 6.33. The van der Waals surface area contributed by atoms with Crippen LogP contribution in [0.1, 0.15) is 5.69 Å². The highest BCUT2D eigenvalue weighted by atomic mass is 35.5. The third-order valence-corrected chi connectivity index (χ3v) is 2.34. The summed E-state index contributed by atoms with van der Waals surface area (Å²) in [5.74, 6) is 0. The summed E-state index contributed by atoms with van der Waals surface area (Å²) in [6.07, 6.45) is 2.60. The van der Waals surface area contributed by atoms with E-state index in [1.54, 1.807) is 4.52 Å². The number of aromatic nitrogens is 2. The summed E-state index contributed by atoms with van der Waals surface area (Å²) in [6, 6.07) is 5.80. The Morgan fingerprint density at radius 1 is 1.46 bits per heavy atom. The molecule has 0 bridgehead atoms. The Labute approximate surface area is 81.1 Å². The SMILES string of the molecule is NCCc1nn2ccccc2c1Cl. The topological polar surface area (TPSA) is 43.3 Å². The first-order valence-corrected chi connectivity index (χ1v) is 4.52. The van der Waals surface area contributed by atoms with Gasteiger partial charge in [-0.05, 0) is 18.7 Å². The second-order valence-electron chi connectivity index (χ2n) is 2.83. The van der Waals surface area contributed by atoms with Gasteiger partial charge >= 0.3 is 0 Å². The van der Waals surface area contributed by atoms with Gasteiger partial charge in [0.15, 0.2) is 0 Å². The summed E-state index contributed by atoms with van der Waals surface area (Å²) in [4.78, 5) is 0. The van der Waals surface area contributed by atoms with E-state index in [-0.39, 0.29) is 0 Å². The van der Waals surface area contributed by atoms with Gasteiger partial charge in [-0.25, -0.2) is 4.52 Å². The summed E-state index contributed by atoms with van der Waals surface area (Å²) in [5.41, 5.74) is 7.25. The Bertz CT molecular complexity index is 422. The van der Waals surface area contributed by atoms with Crippen molar-refractivity contribution >= 4 is 17.1 Å². The molecule has 68 valence electrons. The number of nitrogens with zero attached hydrogens (tertiary/aromatic N) is 2.